The van der Waals surface area contributed by atoms with Crippen molar-refractivity contribution in [2.75, 3.05) is 6.61 Å². The van der Waals surface area contributed by atoms with E-state index >= 15 is 0 Å². The summed E-state index contributed by atoms with van der Waals surface area (Å²) in [5, 5.41) is 0. The molecule has 0 N–H and O–H groups in total. The molecule has 0 saturated heterocycles. The Bertz CT molecular complexity index is 729. The third kappa shape index (κ3) is 3.19. The summed E-state index contributed by atoms with van der Waals surface area (Å²) in [6.07, 6.45) is 7.68. The molecule has 0 spiro atoms. The topological polar surface area (TPSA) is 60.4 Å². The fraction of sp³-hybridized carbons (Fsp3) is 0.885. The molecule has 0 aromatic heterocycles. The minimum Gasteiger partial charge on any atom is -0.466 e. The lowest BCUT2D eigenvalue weighted by Crippen LogP contribution is -2.60. The Morgan fingerprint density at radius 2 is 1.77 bits per heavy atom. The minimum absolute atomic E-state index is 0.0559. The molecule has 4 heteroatoms. The quantitative estimate of drug-likeness (QED) is 0.589. The first kappa shape index (κ1) is 22.0. The van der Waals surface area contributed by atoms with Crippen LogP contribution in [0.15, 0.2) is 0 Å². The lowest BCUT2D eigenvalue weighted by molar-refractivity contribution is -0.170. The Morgan fingerprint density at radius 1 is 1.07 bits per heavy atom. The van der Waals surface area contributed by atoms with Crippen molar-refractivity contribution in [2.45, 2.75) is 86.0 Å². The van der Waals surface area contributed by atoms with E-state index in [-0.39, 0.29) is 34.6 Å². The molecular formula is C26H40O4. The van der Waals surface area contributed by atoms with Gasteiger partial charge in [0.25, 0.3) is 0 Å². The highest BCUT2D eigenvalue weighted by Crippen LogP contribution is 2.68. The van der Waals surface area contributed by atoms with E-state index in [4.69, 9.17) is 4.74 Å². The van der Waals surface area contributed by atoms with Crippen LogP contribution in [0.2, 0.25) is 0 Å². The van der Waals surface area contributed by atoms with E-state index in [1.54, 1.807) is 0 Å². The van der Waals surface area contributed by atoms with Crippen LogP contribution in [-0.4, -0.2) is 24.1 Å². The number of ketones is 2. The van der Waals surface area contributed by atoms with E-state index in [1.807, 2.05) is 0 Å². The van der Waals surface area contributed by atoms with Crippen molar-refractivity contribution < 1.29 is 19.1 Å². The van der Waals surface area contributed by atoms with Crippen LogP contribution in [0.25, 0.3) is 0 Å². The van der Waals surface area contributed by atoms with Crippen LogP contribution in [0.5, 0.6) is 0 Å². The van der Waals surface area contributed by atoms with Crippen LogP contribution >= 0.6 is 0 Å². The summed E-state index contributed by atoms with van der Waals surface area (Å²) in [7, 11) is 0. The van der Waals surface area contributed by atoms with E-state index in [9.17, 15) is 14.4 Å². The zero-order valence-electron chi connectivity index (χ0n) is 19.5. The average molecular weight is 417 g/mol. The highest BCUT2D eigenvalue weighted by Gasteiger charge is 2.65. The zero-order valence-corrected chi connectivity index (χ0v) is 19.5. The van der Waals surface area contributed by atoms with E-state index < -0.39 is 0 Å². The smallest absolute Gasteiger partial charge is 0.302 e. The lowest BCUT2D eigenvalue weighted by Gasteiger charge is -2.61. The molecule has 4 aliphatic rings. The largest absolute Gasteiger partial charge is 0.466 e. The predicted octanol–water partition coefficient (Wildman–Crippen LogP) is 5.23. The fourth-order valence-corrected chi connectivity index (χ4v) is 8.78. The Kier molecular flexibility index (Phi) is 5.68. The first-order valence-corrected chi connectivity index (χ1v) is 12.3. The van der Waals surface area contributed by atoms with Crippen LogP contribution < -0.4 is 0 Å². The molecule has 0 heterocycles. The second-order valence-corrected chi connectivity index (χ2v) is 11.5. The number of esters is 1. The summed E-state index contributed by atoms with van der Waals surface area (Å²) in [5.41, 5.74) is 0.290. The van der Waals surface area contributed by atoms with Crippen molar-refractivity contribution in [3.63, 3.8) is 0 Å². The maximum absolute atomic E-state index is 13.9. The van der Waals surface area contributed by atoms with Gasteiger partial charge in [-0.3, -0.25) is 14.4 Å². The van der Waals surface area contributed by atoms with Crippen molar-refractivity contribution in [1.82, 2.24) is 0 Å². The highest BCUT2D eigenvalue weighted by atomic mass is 16.5. The van der Waals surface area contributed by atoms with Crippen molar-refractivity contribution in [3.8, 4) is 0 Å². The van der Waals surface area contributed by atoms with E-state index in [0.717, 1.165) is 38.5 Å². The van der Waals surface area contributed by atoms with Gasteiger partial charge >= 0.3 is 5.97 Å². The molecule has 30 heavy (non-hydrogen) atoms. The Balaban J connectivity index is 1.63. The SMILES string of the molecule is CC[C@@H]1C(=O)C2C(CC[C@@]3(C)C2CC[C@@H]3[C@H](C)COC(C)=O)C2(C)CCC(=O)CC12. The molecular weight excluding hydrogens is 376 g/mol. The summed E-state index contributed by atoms with van der Waals surface area (Å²) in [6.45, 7) is 11.2. The molecule has 4 saturated carbocycles. The number of Topliss-reactive ketones (excluding diaryl/α,β-unsaturated/α-hetero) is 2. The normalized spacial score (nSPS) is 46.6. The monoisotopic (exact) mass is 416 g/mol. The second kappa shape index (κ2) is 7.74. The first-order valence-electron chi connectivity index (χ1n) is 12.3. The molecule has 4 nitrogen and oxygen atoms in total. The van der Waals surface area contributed by atoms with Gasteiger partial charge in [-0.1, -0.05) is 27.7 Å². The van der Waals surface area contributed by atoms with Crippen LogP contribution in [0.3, 0.4) is 0 Å². The lowest BCUT2D eigenvalue weighted by atomic mass is 9.42. The number of carbonyl (C=O) groups excluding carboxylic acids is 3. The molecule has 168 valence electrons. The maximum atomic E-state index is 13.9. The molecule has 4 rings (SSSR count). The molecule has 0 aromatic rings. The highest BCUT2D eigenvalue weighted by molar-refractivity contribution is 5.88. The Hall–Kier alpha value is -1.19. The number of rotatable bonds is 4. The third-order valence-corrected chi connectivity index (χ3v) is 10.3. The fourth-order valence-electron chi connectivity index (χ4n) is 8.78. The summed E-state index contributed by atoms with van der Waals surface area (Å²) in [4.78, 5) is 37.5. The van der Waals surface area contributed by atoms with Crippen LogP contribution in [0, 0.1) is 52.3 Å². The van der Waals surface area contributed by atoms with E-state index in [2.05, 4.69) is 27.7 Å². The molecule has 0 aromatic carbocycles. The van der Waals surface area contributed by atoms with Gasteiger partial charge in [-0.2, -0.15) is 0 Å². The standard InChI is InChI=1S/C26H40O4/c1-6-18-22-13-17(28)9-11-26(22,5)21-10-12-25(4)19(15(2)14-30-16(3)27)7-8-20(25)23(21)24(18)29/h15,18-23H,6-14H2,1-5H3/t15-,18+,19-,20?,21?,22?,23?,25-,26?/m1/s1. The van der Waals surface area contributed by atoms with Crippen LogP contribution in [0.4, 0.5) is 0 Å². The molecule has 5 unspecified atom stereocenters. The van der Waals surface area contributed by atoms with Gasteiger partial charge in [0.15, 0.2) is 0 Å². The van der Waals surface area contributed by atoms with Crippen LogP contribution in [-0.2, 0) is 19.1 Å². The van der Waals surface area contributed by atoms with Crippen molar-refractivity contribution in [3.05, 3.63) is 0 Å². The maximum Gasteiger partial charge on any atom is 0.302 e. The van der Waals surface area contributed by atoms with E-state index in [1.165, 1.54) is 6.92 Å². The van der Waals surface area contributed by atoms with Crippen molar-refractivity contribution >= 4 is 17.5 Å². The van der Waals surface area contributed by atoms with Crippen molar-refractivity contribution in [2.24, 2.45) is 52.3 Å². The van der Waals surface area contributed by atoms with Crippen molar-refractivity contribution in [1.29, 1.82) is 0 Å². The number of hydrogen-bond acceptors (Lipinski definition) is 4. The van der Waals surface area contributed by atoms with Gasteiger partial charge in [-0.15, -0.1) is 0 Å². The molecule has 0 bridgehead atoms. The summed E-state index contributed by atoms with van der Waals surface area (Å²) in [5.74, 6) is 2.82. The van der Waals surface area contributed by atoms with E-state index in [0.29, 0.717) is 54.7 Å². The first-order chi connectivity index (χ1) is 14.1. The number of ether oxygens (including phenoxy) is 1. The summed E-state index contributed by atoms with van der Waals surface area (Å²) >= 11 is 0. The molecule has 0 aliphatic heterocycles. The van der Waals surface area contributed by atoms with Gasteiger partial charge in [-0.05, 0) is 78.9 Å². The summed E-state index contributed by atoms with van der Waals surface area (Å²) in [6, 6.07) is 0. The second-order valence-electron chi connectivity index (χ2n) is 11.5. The summed E-state index contributed by atoms with van der Waals surface area (Å²) < 4.78 is 5.36. The Labute approximate surface area is 181 Å². The minimum atomic E-state index is -0.204. The molecule has 0 radical (unpaired) electrons. The molecule has 0 amide bonds. The molecule has 4 fully saturated rings. The molecule has 9 atom stereocenters. The molecule has 4 aliphatic carbocycles. The number of carbonyl (C=O) groups is 3. The number of hydrogen-bond donors (Lipinski definition) is 0. The van der Waals surface area contributed by atoms with Gasteiger partial charge in [0.05, 0.1) is 6.61 Å². The van der Waals surface area contributed by atoms with Gasteiger partial charge in [0, 0.05) is 31.6 Å². The van der Waals surface area contributed by atoms with Gasteiger partial charge in [-0.25, -0.2) is 0 Å². The zero-order chi connectivity index (χ0) is 21.8. The number of fused-ring (bicyclic) bond motifs is 5. The predicted molar refractivity (Wildman–Crippen MR) is 116 cm³/mol. The third-order valence-electron chi connectivity index (χ3n) is 10.3. The van der Waals surface area contributed by atoms with Crippen LogP contribution in [0.1, 0.15) is 86.0 Å². The average Bonchev–Trinajstić information content (AvgIpc) is 3.05. The van der Waals surface area contributed by atoms with Gasteiger partial charge in [0.2, 0.25) is 0 Å². The Morgan fingerprint density at radius 3 is 2.43 bits per heavy atom. The van der Waals surface area contributed by atoms with Gasteiger partial charge < -0.3 is 4.74 Å². The van der Waals surface area contributed by atoms with Gasteiger partial charge in [0.1, 0.15) is 11.6 Å².